The highest BCUT2D eigenvalue weighted by Crippen LogP contribution is 2.47. The normalized spacial score (nSPS) is 14.5. The lowest BCUT2D eigenvalue weighted by atomic mass is 9.82. The van der Waals surface area contributed by atoms with Crippen LogP contribution in [0.4, 0.5) is 0 Å². The molecule has 0 saturated carbocycles. The fraction of sp³-hybridized carbons (Fsp3) is 0.448. The van der Waals surface area contributed by atoms with Crippen molar-refractivity contribution in [1.82, 2.24) is 9.13 Å². The number of carboxylic acid groups (broad SMARTS) is 2. The monoisotopic (exact) mass is 552 g/mol. The van der Waals surface area contributed by atoms with E-state index in [0.29, 0.717) is 24.5 Å². The van der Waals surface area contributed by atoms with Crippen LogP contribution in [0, 0.1) is 13.8 Å². The molecule has 2 aliphatic rings. The lowest BCUT2D eigenvalue weighted by molar-refractivity contribution is 0.0673. The molecule has 3 aromatic rings. The number of aryl methyl sites for hydroxylation is 2. The molecule has 0 spiro atoms. The topological polar surface area (TPSA) is 84.5 Å². The minimum atomic E-state index is -0.883. The third-order valence-electron chi connectivity index (χ3n) is 8.18. The van der Waals surface area contributed by atoms with Crippen LogP contribution in [-0.4, -0.2) is 31.3 Å². The van der Waals surface area contributed by atoms with Crippen molar-refractivity contribution in [2.45, 2.75) is 85.2 Å². The van der Waals surface area contributed by atoms with Gasteiger partial charge < -0.3 is 19.3 Å². The molecule has 1 aromatic carbocycles. The van der Waals surface area contributed by atoms with E-state index in [0.717, 1.165) is 93.3 Å². The first kappa shape index (κ1) is 24.9. The highest BCUT2D eigenvalue weighted by Gasteiger charge is 2.40. The van der Waals surface area contributed by atoms with Gasteiger partial charge in [-0.25, -0.2) is 9.59 Å². The Morgan fingerprint density at radius 3 is 1.56 bits per heavy atom. The lowest BCUT2D eigenvalue weighted by Crippen LogP contribution is -2.22. The Kier molecular flexibility index (Phi) is 6.39. The average molecular weight is 553 g/mol. The van der Waals surface area contributed by atoms with Gasteiger partial charge in [0.2, 0.25) is 0 Å². The Morgan fingerprint density at radius 2 is 1.19 bits per heavy atom. The molecule has 2 aromatic heterocycles. The van der Waals surface area contributed by atoms with Crippen LogP contribution in [0.3, 0.4) is 0 Å². The van der Waals surface area contributed by atoms with Crippen LogP contribution in [0.5, 0.6) is 0 Å². The smallest absolute Gasteiger partial charge is 0.352 e. The Balaban J connectivity index is 1.95. The van der Waals surface area contributed by atoms with E-state index in [1.165, 1.54) is 0 Å². The molecule has 2 N–H and O–H groups in total. The number of halogens is 1. The highest BCUT2D eigenvalue weighted by atomic mass is 79.9. The Morgan fingerprint density at radius 1 is 0.806 bits per heavy atom. The molecule has 6 nitrogen and oxygen atoms in total. The second-order valence-corrected chi connectivity index (χ2v) is 11.0. The molecular weight excluding hydrogens is 520 g/mol. The summed E-state index contributed by atoms with van der Waals surface area (Å²) >= 11 is 3.65. The Hall–Kier alpha value is -2.80. The first-order valence-electron chi connectivity index (χ1n) is 12.9. The number of aromatic carboxylic acids is 2. The second-order valence-electron chi connectivity index (χ2n) is 10.1. The van der Waals surface area contributed by atoms with E-state index in [1.807, 2.05) is 23.0 Å². The van der Waals surface area contributed by atoms with E-state index < -0.39 is 11.9 Å². The largest absolute Gasteiger partial charge is 0.477 e. The van der Waals surface area contributed by atoms with Crippen LogP contribution in [0.25, 0.3) is 0 Å². The summed E-state index contributed by atoms with van der Waals surface area (Å²) in [5, 5.41) is 20.5. The summed E-state index contributed by atoms with van der Waals surface area (Å²) in [6.45, 7) is 9.33. The minimum absolute atomic E-state index is 0.238. The summed E-state index contributed by atoms with van der Waals surface area (Å²) in [5.74, 6) is -2.00. The molecule has 36 heavy (non-hydrogen) atoms. The predicted molar refractivity (Wildman–Crippen MR) is 143 cm³/mol. The maximum absolute atomic E-state index is 12.5. The number of rotatable bonds is 7. The van der Waals surface area contributed by atoms with E-state index in [9.17, 15) is 19.8 Å². The molecule has 7 heteroatoms. The van der Waals surface area contributed by atoms with Crippen LogP contribution in [0.15, 0.2) is 16.6 Å². The maximum Gasteiger partial charge on any atom is 0.352 e. The van der Waals surface area contributed by atoms with E-state index in [2.05, 4.69) is 41.9 Å². The van der Waals surface area contributed by atoms with E-state index in [4.69, 9.17) is 0 Å². The number of carboxylic acids is 2. The lowest BCUT2D eigenvalue weighted by Gasteiger charge is -2.28. The molecule has 2 heterocycles. The van der Waals surface area contributed by atoms with Gasteiger partial charge in [-0.1, -0.05) is 15.9 Å². The number of aromatic nitrogens is 2. The van der Waals surface area contributed by atoms with Crippen molar-refractivity contribution < 1.29 is 19.8 Å². The molecule has 0 saturated heterocycles. The number of fused-ring (bicyclic) bond motifs is 2. The summed E-state index contributed by atoms with van der Waals surface area (Å²) in [5.41, 5.74) is 10.5. The zero-order chi connectivity index (χ0) is 25.9. The predicted octanol–water partition coefficient (Wildman–Crippen LogP) is 6.26. The van der Waals surface area contributed by atoms with Gasteiger partial charge in [-0.15, -0.1) is 0 Å². The number of carbonyl (C=O) groups is 2. The van der Waals surface area contributed by atoms with Crippen LogP contribution in [0.2, 0.25) is 0 Å². The van der Waals surface area contributed by atoms with Crippen molar-refractivity contribution in [2.75, 3.05) is 0 Å². The van der Waals surface area contributed by atoms with Crippen molar-refractivity contribution in [3.05, 3.63) is 78.3 Å². The minimum Gasteiger partial charge on any atom is -0.477 e. The fourth-order valence-corrected chi connectivity index (χ4v) is 7.74. The molecule has 2 aliphatic carbocycles. The zero-order valence-electron chi connectivity index (χ0n) is 21.4. The van der Waals surface area contributed by atoms with Crippen molar-refractivity contribution in [3.8, 4) is 0 Å². The van der Waals surface area contributed by atoms with Gasteiger partial charge in [0.05, 0.1) is 5.92 Å². The van der Waals surface area contributed by atoms with Gasteiger partial charge in [0.15, 0.2) is 0 Å². The number of nitrogens with zero attached hydrogens (tertiary/aromatic N) is 2. The second kappa shape index (κ2) is 9.25. The van der Waals surface area contributed by atoms with Gasteiger partial charge in [0, 0.05) is 29.0 Å². The number of benzene rings is 1. The molecule has 5 rings (SSSR count). The van der Waals surface area contributed by atoms with Gasteiger partial charge in [0.1, 0.15) is 11.4 Å². The Bertz CT molecular complexity index is 1310. The molecule has 0 radical (unpaired) electrons. The van der Waals surface area contributed by atoms with Gasteiger partial charge in [-0.2, -0.15) is 0 Å². The third-order valence-corrected chi connectivity index (χ3v) is 8.64. The number of hydrogen-bond acceptors (Lipinski definition) is 2. The molecule has 0 amide bonds. The van der Waals surface area contributed by atoms with Crippen molar-refractivity contribution >= 4 is 27.9 Å². The highest BCUT2D eigenvalue weighted by molar-refractivity contribution is 9.10. The van der Waals surface area contributed by atoms with Crippen LogP contribution < -0.4 is 0 Å². The van der Waals surface area contributed by atoms with Gasteiger partial charge >= 0.3 is 11.9 Å². The molecule has 0 bridgehead atoms. The molecule has 0 atom stereocenters. The molecule has 0 aliphatic heterocycles. The first-order chi connectivity index (χ1) is 17.2. The third kappa shape index (κ3) is 3.58. The maximum atomic E-state index is 12.5. The molecule has 0 unspecified atom stereocenters. The van der Waals surface area contributed by atoms with E-state index >= 15 is 0 Å². The zero-order valence-corrected chi connectivity index (χ0v) is 23.0. The van der Waals surface area contributed by atoms with E-state index in [1.54, 1.807) is 0 Å². The average Bonchev–Trinajstić information content (AvgIpc) is 3.55. The summed E-state index contributed by atoms with van der Waals surface area (Å²) in [6.07, 6.45) is 5.14. The fourth-order valence-electron chi connectivity index (χ4n) is 7.05. The SMILES string of the molecule is CCn1c(C(=O)O)c2c(c1C(c1c(C)cc(Br)cc1C)c1c3c(c(C(=O)O)n1CC)CCC3)CCC2. The van der Waals surface area contributed by atoms with Gasteiger partial charge in [-0.3, -0.25) is 0 Å². The molecule has 190 valence electrons. The standard InChI is InChI=1S/C29H33BrN2O4/c1-5-31-24(18-9-7-11-20(18)26(31)28(33)34)23(22-15(3)13-17(30)14-16(22)4)25-19-10-8-12-21(19)27(29(35)36)32(25)6-2/h13-14,23H,5-12H2,1-4H3,(H,33,34)(H,35,36). The Labute approximate surface area is 220 Å². The van der Waals surface area contributed by atoms with Crippen molar-refractivity contribution in [2.24, 2.45) is 0 Å². The van der Waals surface area contributed by atoms with E-state index in [-0.39, 0.29) is 5.92 Å². The van der Waals surface area contributed by atoms with Crippen molar-refractivity contribution in [1.29, 1.82) is 0 Å². The summed E-state index contributed by atoms with van der Waals surface area (Å²) in [4.78, 5) is 25.0. The number of hydrogen-bond donors (Lipinski definition) is 2. The molecular formula is C29H33BrN2O4. The van der Waals surface area contributed by atoms with Gasteiger partial charge in [-0.05, 0) is 117 Å². The van der Waals surface area contributed by atoms with Crippen LogP contribution in [0.1, 0.15) is 104 Å². The summed E-state index contributed by atoms with van der Waals surface area (Å²) in [7, 11) is 0. The molecule has 0 fully saturated rings. The summed E-state index contributed by atoms with van der Waals surface area (Å²) in [6, 6.07) is 4.23. The van der Waals surface area contributed by atoms with Crippen LogP contribution >= 0.6 is 15.9 Å². The van der Waals surface area contributed by atoms with Crippen molar-refractivity contribution in [3.63, 3.8) is 0 Å². The quantitative estimate of drug-likeness (QED) is 0.362. The summed E-state index contributed by atoms with van der Waals surface area (Å²) < 4.78 is 5.02. The van der Waals surface area contributed by atoms with Crippen LogP contribution in [-0.2, 0) is 38.8 Å². The first-order valence-corrected chi connectivity index (χ1v) is 13.7. The van der Waals surface area contributed by atoms with Gasteiger partial charge in [0.25, 0.3) is 0 Å².